The molecular weight excluding hydrogens is 314 g/mol. The fraction of sp³-hybridized carbons (Fsp3) is 0.500. The van der Waals surface area contributed by atoms with Crippen molar-refractivity contribution in [1.29, 1.82) is 0 Å². The average Bonchev–Trinajstić information content (AvgIpc) is 3.17. The molecule has 0 radical (unpaired) electrons. The van der Waals surface area contributed by atoms with Gasteiger partial charge in [0.2, 0.25) is 0 Å². The fourth-order valence-corrected chi connectivity index (χ4v) is 5.20. The van der Waals surface area contributed by atoms with Crippen molar-refractivity contribution in [3.63, 3.8) is 0 Å². The molecule has 0 unspecified atom stereocenters. The molecule has 1 atom stereocenters. The molecule has 0 aliphatic carbocycles. The topological polar surface area (TPSA) is 45.2 Å². The molecule has 2 aromatic rings. The maximum Gasteiger partial charge on any atom is 0.261 e. The molecule has 4 nitrogen and oxygen atoms in total. The van der Waals surface area contributed by atoms with Gasteiger partial charge < -0.3 is 10.2 Å². The van der Waals surface area contributed by atoms with Gasteiger partial charge in [-0.05, 0) is 50.9 Å². The number of rotatable bonds is 3. The van der Waals surface area contributed by atoms with Gasteiger partial charge in [-0.15, -0.1) is 22.7 Å². The largest absolute Gasteiger partial charge is 0.347 e. The van der Waals surface area contributed by atoms with Crippen molar-refractivity contribution in [2.45, 2.75) is 25.8 Å². The van der Waals surface area contributed by atoms with Gasteiger partial charge in [-0.1, -0.05) is 0 Å². The van der Waals surface area contributed by atoms with Gasteiger partial charge in [0.15, 0.2) is 0 Å². The van der Waals surface area contributed by atoms with Gasteiger partial charge in [-0.25, -0.2) is 4.98 Å². The van der Waals surface area contributed by atoms with Crippen LogP contribution in [0, 0.1) is 12.8 Å². The van der Waals surface area contributed by atoms with Crippen LogP contribution in [0.2, 0.25) is 0 Å². The summed E-state index contributed by atoms with van der Waals surface area (Å²) in [4.78, 5) is 22.3. The first-order chi connectivity index (χ1) is 10.7. The second kappa shape index (κ2) is 5.76. The van der Waals surface area contributed by atoms with E-state index in [0.717, 1.165) is 26.2 Å². The van der Waals surface area contributed by atoms with Crippen LogP contribution in [0.1, 0.15) is 27.5 Å². The average molecular weight is 333 g/mol. The Hall–Kier alpha value is -1.24. The Labute approximate surface area is 138 Å². The summed E-state index contributed by atoms with van der Waals surface area (Å²) in [5.41, 5.74) is 0. The lowest BCUT2D eigenvalue weighted by Gasteiger charge is -2.44. The number of thiazole rings is 1. The predicted molar refractivity (Wildman–Crippen MR) is 90.6 cm³/mol. The molecule has 5 rings (SSSR count). The van der Waals surface area contributed by atoms with Crippen LogP contribution in [0.15, 0.2) is 18.3 Å². The molecule has 2 bridgehead atoms. The molecule has 0 saturated carbocycles. The first kappa shape index (κ1) is 14.4. The molecule has 1 N–H and O–H groups in total. The number of hydrogen-bond acceptors (Lipinski definition) is 5. The van der Waals surface area contributed by atoms with Gasteiger partial charge in [0.05, 0.1) is 14.8 Å². The highest BCUT2D eigenvalue weighted by Gasteiger charge is 2.35. The van der Waals surface area contributed by atoms with E-state index in [1.165, 1.54) is 25.9 Å². The number of carbonyl (C=O) groups excluding carboxylic acids is 1. The van der Waals surface area contributed by atoms with E-state index in [9.17, 15) is 4.79 Å². The molecule has 1 amide bonds. The van der Waals surface area contributed by atoms with Crippen LogP contribution in [0.4, 0.5) is 0 Å². The molecule has 0 aromatic carbocycles. The summed E-state index contributed by atoms with van der Waals surface area (Å²) in [6.45, 7) is 5.42. The van der Waals surface area contributed by atoms with Crippen molar-refractivity contribution >= 4 is 28.6 Å². The van der Waals surface area contributed by atoms with Gasteiger partial charge in [0.1, 0.15) is 0 Å². The van der Waals surface area contributed by atoms with Gasteiger partial charge in [0.25, 0.3) is 5.91 Å². The Balaban J connectivity index is 1.46. The lowest BCUT2D eigenvalue weighted by Crippen LogP contribution is -2.57. The van der Waals surface area contributed by atoms with E-state index in [4.69, 9.17) is 0 Å². The molecule has 3 aliphatic heterocycles. The molecule has 3 fully saturated rings. The van der Waals surface area contributed by atoms with Crippen LogP contribution in [0.25, 0.3) is 9.75 Å². The van der Waals surface area contributed by atoms with Crippen LogP contribution in [-0.4, -0.2) is 41.5 Å². The second-order valence-corrected chi connectivity index (χ2v) is 8.44. The fourth-order valence-electron chi connectivity index (χ4n) is 3.44. The zero-order valence-electron chi connectivity index (χ0n) is 12.5. The number of aryl methyl sites for hydroxylation is 1. The van der Waals surface area contributed by atoms with E-state index < -0.39 is 0 Å². The van der Waals surface area contributed by atoms with Crippen LogP contribution in [0.5, 0.6) is 0 Å². The molecule has 5 heterocycles. The van der Waals surface area contributed by atoms with Crippen LogP contribution in [-0.2, 0) is 0 Å². The van der Waals surface area contributed by atoms with Crippen molar-refractivity contribution in [2.24, 2.45) is 5.92 Å². The van der Waals surface area contributed by atoms with Crippen molar-refractivity contribution in [3.05, 3.63) is 28.2 Å². The lowest BCUT2D eigenvalue weighted by atomic mass is 9.84. The van der Waals surface area contributed by atoms with E-state index in [1.807, 2.05) is 25.3 Å². The van der Waals surface area contributed by atoms with Crippen molar-refractivity contribution in [3.8, 4) is 9.75 Å². The number of piperidine rings is 3. The summed E-state index contributed by atoms with van der Waals surface area (Å²) < 4.78 is 0. The minimum absolute atomic E-state index is 0.0798. The molecule has 0 spiro atoms. The number of nitrogens with zero attached hydrogens (tertiary/aromatic N) is 2. The summed E-state index contributed by atoms with van der Waals surface area (Å²) >= 11 is 3.23. The molecule has 2 aromatic heterocycles. The van der Waals surface area contributed by atoms with Crippen molar-refractivity contribution in [1.82, 2.24) is 15.2 Å². The first-order valence-electron chi connectivity index (χ1n) is 7.75. The zero-order valence-corrected chi connectivity index (χ0v) is 14.2. The van der Waals surface area contributed by atoms with Crippen molar-refractivity contribution in [2.75, 3.05) is 19.6 Å². The van der Waals surface area contributed by atoms with E-state index in [1.54, 1.807) is 22.7 Å². The van der Waals surface area contributed by atoms with E-state index in [2.05, 4.69) is 15.2 Å². The normalized spacial score (nSPS) is 27.0. The highest BCUT2D eigenvalue weighted by atomic mass is 32.1. The standard InChI is InChI=1S/C16H19N3OS2/c1-10-17-8-15(21-10)13-2-3-14(22-13)16(20)18-12-9-19-6-4-11(12)5-7-19/h2-3,8,11-12H,4-7,9H2,1H3,(H,18,20)/t12-/m0/s1. The maximum atomic E-state index is 12.5. The minimum atomic E-state index is 0.0798. The number of fused-ring (bicyclic) bond motifs is 3. The summed E-state index contributed by atoms with van der Waals surface area (Å²) in [5, 5.41) is 4.31. The molecule has 3 aliphatic rings. The summed E-state index contributed by atoms with van der Waals surface area (Å²) in [7, 11) is 0. The zero-order chi connectivity index (χ0) is 15.1. The maximum absolute atomic E-state index is 12.5. The number of aromatic nitrogens is 1. The quantitative estimate of drug-likeness (QED) is 0.939. The second-order valence-electron chi connectivity index (χ2n) is 6.13. The SMILES string of the molecule is Cc1ncc(-c2ccc(C(=O)N[C@H]3CN4CCC3CC4)s2)s1. The lowest BCUT2D eigenvalue weighted by molar-refractivity contribution is 0.0622. The summed E-state index contributed by atoms with van der Waals surface area (Å²) in [6.07, 6.45) is 4.34. The van der Waals surface area contributed by atoms with Gasteiger partial charge in [-0.2, -0.15) is 0 Å². The monoisotopic (exact) mass is 333 g/mol. The molecule has 116 valence electrons. The van der Waals surface area contributed by atoms with Gasteiger partial charge in [-0.3, -0.25) is 4.79 Å². The van der Waals surface area contributed by atoms with E-state index in [0.29, 0.717) is 12.0 Å². The van der Waals surface area contributed by atoms with E-state index >= 15 is 0 Å². The number of amides is 1. The molecule has 22 heavy (non-hydrogen) atoms. The number of hydrogen-bond donors (Lipinski definition) is 1. The van der Waals surface area contributed by atoms with Crippen LogP contribution >= 0.6 is 22.7 Å². The van der Waals surface area contributed by atoms with Crippen LogP contribution < -0.4 is 5.32 Å². The molecule has 3 saturated heterocycles. The van der Waals surface area contributed by atoms with Crippen LogP contribution in [0.3, 0.4) is 0 Å². The Kier molecular flexibility index (Phi) is 3.76. The van der Waals surface area contributed by atoms with Crippen molar-refractivity contribution < 1.29 is 4.79 Å². The van der Waals surface area contributed by atoms with Gasteiger partial charge in [0, 0.05) is 23.7 Å². The first-order valence-corrected chi connectivity index (χ1v) is 9.38. The Morgan fingerprint density at radius 2 is 2.09 bits per heavy atom. The number of carbonyl (C=O) groups is 1. The summed E-state index contributed by atoms with van der Waals surface area (Å²) in [6, 6.07) is 4.29. The third-order valence-corrected chi connectivity index (χ3v) is 6.86. The third kappa shape index (κ3) is 2.71. The molecule has 6 heteroatoms. The Morgan fingerprint density at radius 3 is 2.73 bits per heavy atom. The minimum Gasteiger partial charge on any atom is -0.347 e. The molecular formula is C16H19N3OS2. The van der Waals surface area contributed by atoms with Gasteiger partial charge >= 0.3 is 0 Å². The van der Waals surface area contributed by atoms with E-state index in [-0.39, 0.29) is 5.91 Å². The Morgan fingerprint density at radius 1 is 1.27 bits per heavy atom. The highest BCUT2D eigenvalue weighted by Crippen LogP contribution is 2.33. The number of nitrogens with one attached hydrogen (secondary N) is 1. The highest BCUT2D eigenvalue weighted by molar-refractivity contribution is 7.22. The third-order valence-electron chi connectivity index (χ3n) is 4.67. The predicted octanol–water partition coefficient (Wildman–Crippen LogP) is 3.00. The smallest absolute Gasteiger partial charge is 0.261 e. The summed E-state index contributed by atoms with van der Waals surface area (Å²) in [5.74, 6) is 0.744. The number of thiophene rings is 1. The Bertz CT molecular complexity index is 685.